The molecule has 10 nitrogen and oxygen atoms in total. The molecule has 0 spiro atoms. The van der Waals surface area contributed by atoms with Crippen molar-refractivity contribution in [3.8, 4) is 5.75 Å². The number of carbonyl (C=O) groups excluding carboxylic acids is 4. The summed E-state index contributed by atoms with van der Waals surface area (Å²) in [4.78, 5) is 56.5. The zero-order valence-corrected chi connectivity index (χ0v) is 20.7. The first kappa shape index (κ1) is 23.0. The van der Waals surface area contributed by atoms with E-state index in [0.717, 1.165) is 16.2 Å². The molecule has 0 unspecified atom stereocenters. The highest BCUT2D eigenvalue weighted by Crippen LogP contribution is 2.49. The number of fused-ring (bicyclic) bond motifs is 6. The van der Waals surface area contributed by atoms with E-state index in [2.05, 4.69) is 10.3 Å². The van der Waals surface area contributed by atoms with Gasteiger partial charge in [-0.15, -0.1) is 5.10 Å². The summed E-state index contributed by atoms with van der Waals surface area (Å²) in [6.45, 7) is 1.29. The van der Waals surface area contributed by atoms with Crippen molar-refractivity contribution in [1.29, 1.82) is 0 Å². The summed E-state index contributed by atoms with van der Waals surface area (Å²) in [5, 5.41) is 8.26. The number of carbonyl (C=O) groups is 4. The molecule has 3 aliphatic heterocycles. The molecule has 2 fully saturated rings. The molecular weight excluding hydrogens is 498 g/mol. The highest BCUT2D eigenvalue weighted by molar-refractivity contribution is 6.25. The molecular formula is C29H21N5O5. The maximum absolute atomic E-state index is 14.2. The number of benzene rings is 3. The molecule has 39 heavy (non-hydrogen) atoms. The molecule has 0 bridgehead atoms. The van der Waals surface area contributed by atoms with Crippen LogP contribution in [0.25, 0.3) is 17.1 Å². The molecule has 3 aliphatic rings. The lowest BCUT2D eigenvalue weighted by molar-refractivity contribution is -0.132. The third kappa shape index (κ3) is 3.34. The molecule has 0 aliphatic carbocycles. The van der Waals surface area contributed by atoms with Gasteiger partial charge in [0, 0.05) is 12.6 Å². The van der Waals surface area contributed by atoms with Crippen LogP contribution in [0.3, 0.4) is 0 Å². The Hall–Kier alpha value is -5.12. The van der Waals surface area contributed by atoms with Crippen molar-refractivity contribution in [1.82, 2.24) is 15.0 Å². The fraction of sp³-hybridized carbons (Fsp3) is 0.172. The van der Waals surface area contributed by atoms with Gasteiger partial charge < -0.3 is 9.64 Å². The fourth-order valence-electron chi connectivity index (χ4n) is 6.04. The van der Waals surface area contributed by atoms with E-state index in [1.807, 2.05) is 47.4 Å². The van der Waals surface area contributed by atoms with Gasteiger partial charge in [-0.2, -0.15) is 4.68 Å². The average Bonchev–Trinajstić information content (AvgIpc) is 3.60. The van der Waals surface area contributed by atoms with Gasteiger partial charge in [0.2, 0.25) is 11.8 Å². The monoisotopic (exact) mass is 519 g/mol. The second-order valence-corrected chi connectivity index (χ2v) is 9.74. The molecule has 7 rings (SSSR count). The summed E-state index contributed by atoms with van der Waals surface area (Å²) in [7, 11) is 0. The number of imide groups is 1. The summed E-state index contributed by atoms with van der Waals surface area (Å²) in [5.74, 6) is -3.18. The van der Waals surface area contributed by atoms with Gasteiger partial charge in [0.15, 0.2) is 0 Å². The minimum absolute atomic E-state index is 0.301. The Morgan fingerprint density at radius 3 is 2.38 bits per heavy atom. The van der Waals surface area contributed by atoms with Gasteiger partial charge in [-0.25, -0.2) is 4.90 Å². The lowest BCUT2D eigenvalue weighted by Gasteiger charge is -2.36. The largest absolute Gasteiger partial charge is 0.427 e. The summed E-state index contributed by atoms with van der Waals surface area (Å²) in [5.41, 5.74) is 3.10. The number of rotatable bonds is 3. The van der Waals surface area contributed by atoms with Crippen molar-refractivity contribution >= 4 is 52.2 Å². The van der Waals surface area contributed by atoms with Crippen molar-refractivity contribution < 1.29 is 23.9 Å². The van der Waals surface area contributed by atoms with Gasteiger partial charge >= 0.3 is 5.97 Å². The van der Waals surface area contributed by atoms with Crippen molar-refractivity contribution in [2.24, 2.45) is 11.8 Å². The average molecular weight is 520 g/mol. The standard InChI is InChI=1S/C29H21N5O5/c1-16(35)39-19-13-11-18(12-14-19)32-27(36)24-23-15-10-17-6-2-4-8-21(17)33(23)26(25(24)28(32)37)29(38)34-22-9-5-3-7-20(22)30-31-34/h2-15,23-26H,1H3/t23-,24-,25+,26-/m0/s1. The van der Waals surface area contributed by atoms with Crippen LogP contribution in [0.5, 0.6) is 5.75 Å². The number of para-hydroxylation sites is 2. The molecule has 2 saturated heterocycles. The summed E-state index contributed by atoms with van der Waals surface area (Å²) in [6.07, 6.45) is 3.82. The van der Waals surface area contributed by atoms with Gasteiger partial charge in [0.1, 0.15) is 17.3 Å². The van der Waals surface area contributed by atoms with Gasteiger partial charge in [0.25, 0.3) is 5.91 Å². The smallest absolute Gasteiger partial charge is 0.308 e. The minimum atomic E-state index is -0.988. The van der Waals surface area contributed by atoms with E-state index in [4.69, 9.17) is 4.74 Å². The first-order chi connectivity index (χ1) is 18.9. The highest BCUT2D eigenvalue weighted by Gasteiger charge is 2.64. The molecule has 1 aromatic heterocycles. The second kappa shape index (κ2) is 8.45. The number of esters is 1. The zero-order chi connectivity index (χ0) is 26.8. The van der Waals surface area contributed by atoms with E-state index in [1.165, 1.54) is 23.7 Å². The third-order valence-corrected chi connectivity index (χ3v) is 7.58. The van der Waals surface area contributed by atoms with E-state index < -0.39 is 41.7 Å². The summed E-state index contributed by atoms with van der Waals surface area (Å²) in [6, 6.07) is 19.4. The number of anilines is 2. The van der Waals surface area contributed by atoms with Crippen molar-refractivity contribution in [2.45, 2.75) is 19.0 Å². The first-order valence-electron chi connectivity index (χ1n) is 12.5. The second-order valence-electron chi connectivity index (χ2n) is 9.74. The predicted octanol–water partition coefficient (Wildman–Crippen LogP) is 3.09. The Morgan fingerprint density at radius 1 is 0.872 bits per heavy atom. The summed E-state index contributed by atoms with van der Waals surface area (Å²) >= 11 is 0. The van der Waals surface area contributed by atoms with Crippen LogP contribution in [0.4, 0.5) is 11.4 Å². The molecule has 0 saturated carbocycles. The molecule has 4 aromatic rings. The van der Waals surface area contributed by atoms with Crippen LogP contribution in [0.15, 0.2) is 78.9 Å². The van der Waals surface area contributed by atoms with E-state index in [9.17, 15) is 19.2 Å². The van der Waals surface area contributed by atoms with Crippen molar-refractivity contribution in [3.05, 3.63) is 84.4 Å². The maximum Gasteiger partial charge on any atom is 0.308 e. The molecule has 4 atom stereocenters. The molecule has 10 heteroatoms. The molecule has 3 aromatic carbocycles. The van der Waals surface area contributed by atoms with Crippen LogP contribution in [-0.2, 0) is 14.4 Å². The molecule has 192 valence electrons. The Bertz CT molecular complexity index is 1730. The highest BCUT2D eigenvalue weighted by atomic mass is 16.5. The van der Waals surface area contributed by atoms with Gasteiger partial charge in [-0.3, -0.25) is 19.2 Å². The van der Waals surface area contributed by atoms with Crippen LogP contribution in [-0.4, -0.2) is 50.8 Å². The van der Waals surface area contributed by atoms with E-state index in [0.29, 0.717) is 22.5 Å². The molecule has 2 amide bonds. The van der Waals surface area contributed by atoms with E-state index >= 15 is 0 Å². The third-order valence-electron chi connectivity index (χ3n) is 7.58. The Labute approximate surface area is 222 Å². The van der Waals surface area contributed by atoms with Crippen molar-refractivity contribution in [3.63, 3.8) is 0 Å². The first-order valence-corrected chi connectivity index (χ1v) is 12.5. The fourth-order valence-corrected chi connectivity index (χ4v) is 6.04. The lowest BCUT2D eigenvalue weighted by Crippen LogP contribution is -2.50. The van der Waals surface area contributed by atoms with E-state index in [-0.39, 0.29) is 5.91 Å². The number of aromatic nitrogens is 3. The Morgan fingerprint density at radius 2 is 1.59 bits per heavy atom. The van der Waals surface area contributed by atoms with Crippen molar-refractivity contribution in [2.75, 3.05) is 9.80 Å². The lowest BCUT2D eigenvalue weighted by atomic mass is 9.88. The van der Waals surface area contributed by atoms with E-state index in [1.54, 1.807) is 30.3 Å². The van der Waals surface area contributed by atoms with Gasteiger partial charge in [0.05, 0.1) is 29.1 Å². The number of nitrogens with zero attached hydrogens (tertiary/aromatic N) is 5. The van der Waals surface area contributed by atoms with Crippen LogP contribution in [0, 0.1) is 11.8 Å². The minimum Gasteiger partial charge on any atom is -0.427 e. The van der Waals surface area contributed by atoms with Crippen LogP contribution >= 0.6 is 0 Å². The maximum atomic E-state index is 14.2. The topological polar surface area (TPSA) is 115 Å². The van der Waals surface area contributed by atoms with Crippen LogP contribution in [0.1, 0.15) is 17.3 Å². The summed E-state index contributed by atoms with van der Waals surface area (Å²) < 4.78 is 6.32. The van der Waals surface area contributed by atoms with Gasteiger partial charge in [-0.05, 0) is 48.0 Å². The SMILES string of the molecule is CC(=O)Oc1ccc(N2C(=O)[C@@H]3[C@@H](C2=O)[C@@H]2C=Cc4ccccc4N2[C@@H]3C(=O)n2nnc3ccccc32)cc1. The molecule has 0 N–H and O–H groups in total. The zero-order valence-electron chi connectivity index (χ0n) is 20.7. The molecule has 4 heterocycles. The normalized spacial score (nSPS) is 23.1. The predicted molar refractivity (Wildman–Crippen MR) is 141 cm³/mol. The number of ether oxygens (including phenoxy) is 1. The van der Waals surface area contributed by atoms with Crippen LogP contribution < -0.4 is 14.5 Å². The quantitative estimate of drug-likeness (QED) is 0.230. The Kier molecular flexibility index (Phi) is 4.99. The number of hydrogen-bond acceptors (Lipinski definition) is 8. The molecule has 0 radical (unpaired) electrons. The number of hydrogen-bond donors (Lipinski definition) is 0. The Balaban J connectivity index is 1.34. The van der Waals surface area contributed by atoms with Gasteiger partial charge in [-0.1, -0.05) is 47.7 Å². The van der Waals surface area contributed by atoms with Crippen LogP contribution in [0.2, 0.25) is 0 Å². The number of amides is 2.